The second kappa shape index (κ2) is 5.47. The zero-order valence-corrected chi connectivity index (χ0v) is 12.7. The van der Waals surface area contributed by atoms with Crippen LogP contribution in [0.5, 0.6) is 0 Å². The number of benzene rings is 2. The fourth-order valence-electron chi connectivity index (χ4n) is 3.37. The number of carboxylic acid groups (broad SMARTS) is 1. The molecule has 0 amide bonds. The summed E-state index contributed by atoms with van der Waals surface area (Å²) in [5.41, 5.74) is 0.282. The van der Waals surface area contributed by atoms with E-state index in [0.717, 1.165) is 5.56 Å². The molecule has 0 spiro atoms. The highest BCUT2D eigenvalue weighted by Gasteiger charge is 2.55. The van der Waals surface area contributed by atoms with E-state index in [2.05, 4.69) is 0 Å². The molecule has 0 saturated heterocycles. The number of fused-ring (bicyclic) bond motifs is 1. The number of aliphatic carboxylic acids is 1. The first-order valence-corrected chi connectivity index (χ1v) is 7.51. The second-order valence-corrected chi connectivity index (χ2v) is 5.69. The number of carbonyl (C=O) groups excluding carboxylic acids is 2. The summed E-state index contributed by atoms with van der Waals surface area (Å²) in [5, 5.41) is 9.34. The van der Waals surface area contributed by atoms with Gasteiger partial charge < -0.3 is 5.11 Å². The normalized spacial score (nSPS) is 19.7. The molecule has 23 heavy (non-hydrogen) atoms. The zero-order valence-electron chi connectivity index (χ0n) is 12.7. The maximum absolute atomic E-state index is 13.2. The maximum Gasteiger partial charge on any atom is 0.305 e. The minimum absolute atomic E-state index is 0.333. The van der Waals surface area contributed by atoms with Crippen LogP contribution in [0.15, 0.2) is 48.5 Å². The first-order chi connectivity index (χ1) is 11.0. The van der Waals surface area contributed by atoms with Crippen LogP contribution in [-0.2, 0) is 16.6 Å². The summed E-state index contributed by atoms with van der Waals surface area (Å²) in [6, 6.07) is 13.7. The Morgan fingerprint density at radius 3 is 2.30 bits per heavy atom. The van der Waals surface area contributed by atoms with Gasteiger partial charge in [0, 0.05) is 11.1 Å². The van der Waals surface area contributed by atoms with Gasteiger partial charge in [-0.15, -0.1) is 0 Å². The molecule has 0 saturated carbocycles. The minimum Gasteiger partial charge on any atom is -0.481 e. The van der Waals surface area contributed by atoms with Crippen LogP contribution in [0.4, 0.5) is 0 Å². The molecular weight excluding hydrogens is 292 g/mol. The Bertz CT molecular complexity index is 807. The van der Waals surface area contributed by atoms with Gasteiger partial charge in [-0.3, -0.25) is 14.4 Å². The molecule has 0 aromatic heterocycles. The molecule has 0 radical (unpaired) electrons. The van der Waals surface area contributed by atoms with E-state index in [0.29, 0.717) is 23.1 Å². The molecule has 0 aliphatic heterocycles. The smallest absolute Gasteiger partial charge is 0.305 e. The van der Waals surface area contributed by atoms with E-state index >= 15 is 0 Å². The SMILES string of the molecule is CCc1cccc2c1C(=O)C(CC(=O)O)(c1ccccc1)C2=O. The topological polar surface area (TPSA) is 71.4 Å². The quantitative estimate of drug-likeness (QED) is 0.881. The lowest BCUT2D eigenvalue weighted by Gasteiger charge is -2.24. The summed E-state index contributed by atoms with van der Waals surface area (Å²) >= 11 is 0. The molecule has 1 aliphatic carbocycles. The highest BCUT2D eigenvalue weighted by atomic mass is 16.4. The van der Waals surface area contributed by atoms with Crippen LogP contribution in [0.3, 0.4) is 0 Å². The highest BCUT2D eigenvalue weighted by molar-refractivity contribution is 6.34. The largest absolute Gasteiger partial charge is 0.481 e. The van der Waals surface area contributed by atoms with E-state index < -0.39 is 29.4 Å². The van der Waals surface area contributed by atoms with Crippen molar-refractivity contribution in [1.82, 2.24) is 0 Å². The highest BCUT2D eigenvalue weighted by Crippen LogP contribution is 2.43. The van der Waals surface area contributed by atoms with Crippen molar-refractivity contribution < 1.29 is 19.5 Å². The van der Waals surface area contributed by atoms with Crippen molar-refractivity contribution in [3.05, 3.63) is 70.8 Å². The fourth-order valence-corrected chi connectivity index (χ4v) is 3.37. The van der Waals surface area contributed by atoms with Gasteiger partial charge in [0.05, 0.1) is 6.42 Å². The number of Topliss-reactive ketones (excluding diaryl/α,β-unsaturated/α-hetero) is 2. The van der Waals surface area contributed by atoms with Gasteiger partial charge in [0.25, 0.3) is 0 Å². The summed E-state index contributed by atoms with van der Waals surface area (Å²) in [4.78, 5) is 37.6. The van der Waals surface area contributed by atoms with Crippen molar-refractivity contribution in [3.8, 4) is 0 Å². The summed E-state index contributed by atoms with van der Waals surface area (Å²) in [5.74, 6) is -1.98. The summed E-state index contributed by atoms with van der Waals surface area (Å²) in [6.45, 7) is 1.91. The molecule has 4 nitrogen and oxygen atoms in total. The molecule has 2 aromatic carbocycles. The predicted molar refractivity (Wildman–Crippen MR) is 84.9 cm³/mol. The molecule has 0 bridgehead atoms. The van der Waals surface area contributed by atoms with Gasteiger partial charge >= 0.3 is 5.97 Å². The van der Waals surface area contributed by atoms with Crippen LogP contribution in [0.25, 0.3) is 0 Å². The molecular formula is C19H16O4. The summed E-state index contributed by atoms with van der Waals surface area (Å²) < 4.78 is 0. The second-order valence-electron chi connectivity index (χ2n) is 5.69. The van der Waals surface area contributed by atoms with Gasteiger partial charge in [-0.1, -0.05) is 55.5 Å². The molecule has 1 unspecified atom stereocenters. The van der Waals surface area contributed by atoms with Crippen LogP contribution in [-0.4, -0.2) is 22.6 Å². The van der Waals surface area contributed by atoms with E-state index in [4.69, 9.17) is 0 Å². The number of hydrogen-bond donors (Lipinski definition) is 1. The van der Waals surface area contributed by atoms with E-state index in [-0.39, 0.29) is 0 Å². The summed E-state index contributed by atoms with van der Waals surface area (Å²) in [6.07, 6.45) is 0.0760. The predicted octanol–water partition coefficient (Wildman–Crippen LogP) is 3.04. The van der Waals surface area contributed by atoms with E-state index in [1.165, 1.54) is 0 Å². The minimum atomic E-state index is -1.65. The summed E-state index contributed by atoms with van der Waals surface area (Å²) in [7, 11) is 0. The lowest BCUT2D eigenvalue weighted by molar-refractivity contribution is -0.137. The van der Waals surface area contributed by atoms with Gasteiger partial charge in [-0.05, 0) is 17.5 Å². The molecule has 116 valence electrons. The average molecular weight is 308 g/mol. The molecule has 1 atom stereocenters. The van der Waals surface area contributed by atoms with Crippen molar-refractivity contribution >= 4 is 17.5 Å². The average Bonchev–Trinajstić information content (AvgIpc) is 2.78. The number of carbonyl (C=O) groups is 3. The zero-order chi connectivity index (χ0) is 16.6. The third-order valence-corrected chi connectivity index (χ3v) is 4.46. The molecule has 0 heterocycles. The number of hydrogen-bond acceptors (Lipinski definition) is 3. The van der Waals surface area contributed by atoms with Crippen molar-refractivity contribution in [2.45, 2.75) is 25.2 Å². The van der Waals surface area contributed by atoms with Crippen molar-refractivity contribution in [2.75, 3.05) is 0 Å². The molecule has 0 fully saturated rings. The van der Waals surface area contributed by atoms with Gasteiger partial charge in [-0.25, -0.2) is 0 Å². The first-order valence-electron chi connectivity index (χ1n) is 7.51. The Morgan fingerprint density at radius 2 is 1.70 bits per heavy atom. The van der Waals surface area contributed by atoms with E-state index in [9.17, 15) is 19.5 Å². The number of aryl methyl sites for hydroxylation is 1. The lowest BCUT2D eigenvalue weighted by atomic mass is 9.73. The van der Waals surface area contributed by atoms with E-state index in [1.807, 2.05) is 13.0 Å². The van der Waals surface area contributed by atoms with Gasteiger partial charge in [0.1, 0.15) is 5.41 Å². The number of carboxylic acids is 1. The monoisotopic (exact) mass is 308 g/mol. The third kappa shape index (κ3) is 2.10. The van der Waals surface area contributed by atoms with Crippen LogP contribution in [0.1, 0.15) is 45.2 Å². The molecule has 2 aromatic rings. The standard InChI is InChI=1S/C19H16O4/c1-2-12-7-6-10-14-16(12)18(23)19(17(14)22,11-15(20)21)13-8-4-3-5-9-13/h3-10H,2,11H2,1H3,(H,20,21). The molecule has 1 aliphatic rings. The number of rotatable bonds is 4. The van der Waals surface area contributed by atoms with Crippen LogP contribution >= 0.6 is 0 Å². The fraction of sp³-hybridized carbons (Fsp3) is 0.211. The number of ketones is 2. The van der Waals surface area contributed by atoms with Gasteiger partial charge in [0.15, 0.2) is 11.6 Å². The van der Waals surface area contributed by atoms with Crippen molar-refractivity contribution in [1.29, 1.82) is 0 Å². The molecule has 4 heteroatoms. The van der Waals surface area contributed by atoms with Gasteiger partial charge in [0.2, 0.25) is 0 Å². The Hall–Kier alpha value is -2.75. The van der Waals surface area contributed by atoms with Crippen molar-refractivity contribution in [2.24, 2.45) is 0 Å². The Kier molecular flexibility index (Phi) is 3.60. The lowest BCUT2D eigenvalue weighted by Crippen LogP contribution is -2.40. The van der Waals surface area contributed by atoms with Gasteiger partial charge in [-0.2, -0.15) is 0 Å². The molecule has 3 rings (SSSR count). The van der Waals surface area contributed by atoms with E-state index in [1.54, 1.807) is 42.5 Å². The third-order valence-electron chi connectivity index (χ3n) is 4.46. The maximum atomic E-state index is 13.2. The Morgan fingerprint density at radius 1 is 1.00 bits per heavy atom. The van der Waals surface area contributed by atoms with Crippen LogP contribution < -0.4 is 0 Å². The van der Waals surface area contributed by atoms with Crippen LogP contribution in [0.2, 0.25) is 0 Å². The van der Waals surface area contributed by atoms with Crippen molar-refractivity contribution in [3.63, 3.8) is 0 Å². The van der Waals surface area contributed by atoms with Crippen LogP contribution in [0, 0.1) is 0 Å². The molecule has 1 N–H and O–H groups in total. The Labute approximate surface area is 133 Å². The first kappa shape index (κ1) is 15.2. The Balaban J connectivity index is 2.29.